The molecular weight excluding hydrogens is 315 g/mol. The Bertz CT molecular complexity index is 523. The average Bonchev–Trinajstić information content (AvgIpc) is 2.58. The van der Waals surface area contributed by atoms with Crippen LogP contribution in [0.4, 0.5) is 4.39 Å². The van der Waals surface area contributed by atoms with Crippen molar-refractivity contribution in [2.75, 3.05) is 19.8 Å². The molecule has 0 amide bonds. The summed E-state index contributed by atoms with van der Waals surface area (Å²) in [5, 5.41) is 0. The Kier molecular flexibility index (Phi) is 7.71. The van der Waals surface area contributed by atoms with Crippen molar-refractivity contribution >= 4 is 5.97 Å². The summed E-state index contributed by atoms with van der Waals surface area (Å²) in [5.41, 5.74) is 0. The minimum atomic E-state index is -0.538. The maximum absolute atomic E-state index is 12.9. The maximum Gasteiger partial charge on any atom is 0.303 e. The highest BCUT2D eigenvalue weighted by Gasteiger charge is 2.13. The predicted molar refractivity (Wildman–Crippen MR) is 86.1 cm³/mol. The van der Waals surface area contributed by atoms with Crippen LogP contribution < -0.4 is 4.74 Å². The second-order valence-corrected chi connectivity index (χ2v) is 5.47. The first-order valence-corrected chi connectivity index (χ1v) is 8.09. The van der Waals surface area contributed by atoms with Crippen molar-refractivity contribution in [3.8, 4) is 5.75 Å². The summed E-state index contributed by atoms with van der Waals surface area (Å²) in [6.07, 6.45) is 5.87. The van der Waals surface area contributed by atoms with E-state index >= 15 is 0 Å². The zero-order chi connectivity index (χ0) is 17.2. The van der Waals surface area contributed by atoms with Gasteiger partial charge in [0.05, 0.1) is 6.61 Å². The zero-order valence-corrected chi connectivity index (χ0v) is 13.8. The first kappa shape index (κ1) is 18.4. The van der Waals surface area contributed by atoms with Crippen LogP contribution in [0.3, 0.4) is 0 Å². The Balaban J connectivity index is 1.77. The molecule has 1 aliphatic rings. The topological polar surface area (TPSA) is 54.0 Å². The molecule has 1 aliphatic heterocycles. The van der Waals surface area contributed by atoms with E-state index in [4.69, 9.17) is 18.9 Å². The minimum Gasteiger partial charge on any atom is -0.489 e. The van der Waals surface area contributed by atoms with Gasteiger partial charge in [0.15, 0.2) is 12.4 Å². The molecule has 0 bridgehead atoms. The van der Waals surface area contributed by atoms with Crippen molar-refractivity contribution < 1.29 is 28.1 Å². The summed E-state index contributed by atoms with van der Waals surface area (Å²) in [5.74, 6) is -0.224. The van der Waals surface area contributed by atoms with Crippen molar-refractivity contribution in [2.45, 2.75) is 38.6 Å². The Morgan fingerprint density at radius 2 is 2.17 bits per heavy atom. The standard InChI is InChI=1S/C18H23FO5/c1-14(20)24-17(13-23-16-9-7-15(19)8-10-16)5-4-12-22-18-6-2-3-11-21-18/h4-5,7-10,17-18H,2-3,6,11-13H2,1H3. The molecule has 24 heavy (non-hydrogen) atoms. The van der Waals surface area contributed by atoms with Gasteiger partial charge in [-0.05, 0) is 49.6 Å². The Morgan fingerprint density at radius 1 is 1.38 bits per heavy atom. The Labute approximate surface area is 141 Å². The number of rotatable bonds is 8. The van der Waals surface area contributed by atoms with Crippen LogP contribution in [0, 0.1) is 5.82 Å². The van der Waals surface area contributed by atoms with E-state index in [0.29, 0.717) is 12.4 Å². The lowest BCUT2D eigenvalue weighted by Gasteiger charge is -2.22. The van der Waals surface area contributed by atoms with Crippen LogP contribution >= 0.6 is 0 Å². The van der Waals surface area contributed by atoms with Gasteiger partial charge >= 0.3 is 5.97 Å². The van der Waals surface area contributed by atoms with Gasteiger partial charge in [0, 0.05) is 13.5 Å². The molecule has 2 unspecified atom stereocenters. The SMILES string of the molecule is CC(=O)OC(C=CCOC1CCCCO1)COc1ccc(F)cc1. The molecule has 0 spiro atoms. The average molecular weight is 338 g/mol. The summed E-state index contributed by atoms with van der Waals surface area (Å²) in [6, 6.07) is 5.66. The summed E-state index contributed by atoms with van der Waals surface area (Å²) in [6.45, 7) is 2.59. The lowest BCUT2D eigenvalue weighted by Crippen LogP contribution is -2.23. The molecule has 1 fully saturated rings. The monoisotopic (exact) mass is 338 g/mol. The molecule has 1 aromatic carbocycles. The lowest BCUT2D eigenvalue weighted by atomic mass is 10.2. The molecule has 5 nitrogen and oxygen atoms in total. The molecule has 1 saturated heterocycles. The number of halogens is 1. The highest BCUT2D eigenvalue weighted by molar-refractivity contribution is 5.66. The van der Waals surface area contributed by atoms with E-state index in [0.717, 1.165) is 25.9 Å². The van der Waals surface area contributed by atoms with E-state index in [1.54, 1.807) is 12.2 Å². The van der Waals surface area contributed by atoms with E-state index in [9.17, 15) is 9.18 Å². The molecular formula is C18H23FO5. The van der Waals surface area contributed by atoms with Gasteiger partial charge in [-0.3, -0.25) is 4.79 Å². The number of hydrogen-bond acceptors (Lipinski definition) is 5. The third-order valence-electron chi connectivity index (χ3n) is 3.41. The smallest absolute Gasteiger partial charge is 0.303 e. The number of carbonyl (C=O) groups is 1. The van der Waals surface area contributed by atoms with E-state index < -0.39 is 12.1 Å². The maximum atomic E-state index is 12.9. The van der Waals surface area contributed by atoms with Gasteiger partial charge in [0.1, 0.15) is 18.2 Å². The van der Waals surface area contributed by atoms with Crippen LogP contribution in [0.1, 0.15) is 26.2 Å². The number of carbonyl (C=O) groups excluding carboxylic acids is 1. The highest BCUT2D eigenvalue weighted by Crippen LogP contribution is 2.14. The molecule has 0 saturated carbocycles. The van der Waals surface area contributed by atoms with E-state index in [2.05, 4.69) is 0 Å². The number of hydrogen-bond donors (Lipinski definition) is 0. The Morgan fingerprint density at radius 3 is 2.83 bits per heavy atom. The molecule has 1 heterocycles. The zero-order valence-electron chi connectivity index (χ0n) is 13.8. The van der Waals surface area contributed by atoms with Crippen LogP contribution in [0.25, 0.3) is 0 Å². The van der Waals surface area contributed by atoms with E-state index in [1.807, 2.05) is 0 Å². The van der Waals surface area contributed by atoms with Gasteiger partial charge < -0.3 is 18.9 Å². The van der Waals surface area contributed by atoms with Crippen LogP contribution in [0.2, 0.25) is 0 Å². The van der Waals surface area contributed by atoms with Crippen LogP contribution in [0.5, 0.6) is 5.75 Å². The van der Waals surface area contributed by atoms with Crippen molar-refractivity contribution in [1.29, 1.82) is 0 Å². The predicted octanol–water partition coefficient (Wildman–Crippen LogP) is 3.24. The van der Waals surface area contributed by atoms with Crippen LogP contribution in [-0.2, 0) is 19.0 Å². The molecule has 6 heteroatoms. The third kappa shape index (κ3) is 7.10. The molecule has 2 atom stereocenters. The van der Waals surface area contributed by atoms with Crippen molar-refractivity contribution in [3.05, 3.63) is 42.2 Å². The van der Waals surface area contributed by atoms with Gasteiger partial charge in [-0.25, -0.2) is 4.39 Å². The fourth-order valence-corrected chi connectivity index (χ4v) is 2.26. The number of benzene rings is 1. The number of ether oxygens (including phenoxy) is 4. The lowest BCUT2D eigenvalue weighted by molar-refractivity contribution is -0.155. The van der Waals surface area contributed by atoms with Crippen molar-refractivity contribution in [2.24, 2.45) is 0 Å². The quantitative estimate of drug-likeness (QED) is 0.538. The summed E-state index contributed by atoms with van der Waals surface area (Å²) in [7, 11) is 0. The summed E-state index contributed by atoms with van der Waals surface area (Å²) < 4.78 is 34.6. The fraction of sp³-hybridized carbons (Fsp3) is 0.500. The molecule has 0 aliphatic carbocycles. The summed E-state index contributed by atoms with van der Waals surface area (Å²) in [4.78, 5) is 11.2. The largest absolute Gasteiger partial charge is 0.489 e. The van der Waals surface area contributed by atoms with Crippen molar-refractivity contribution in [3.63, 3.8) is 0 Å². The number of esters is 1. The highest BCUT2D eigenvalue weighted by atomic mass is 19.1. The Hall–Kier alpha value is -1.92. The van der Waals surface area contributed by atoms with Crippen LogP contribution in [0.15, 0.2) is 36.4 Å². The minimum absolute atomic E-state index is 0.141. The second kappa shape index (κ2) is 10.1. The van der Waals surface area contributed by atoms with Gasteiger partial charge in [-0.1, -0.05) is 6.08 Å². The van der Waals surface area contributed by atoms with E-state index in [-0.39, 0.29) is 18.7 Å². The van der Waals surface area contributed by atoms with Crippen molar-refractivity contribution in [1.82, 2.24) is 0 Å². The van der Waals surface area contributed by atoms with Gasteiger partial charge in [0.25, 0.3) is 0 Å². The van der Waals surface area contributed by atoms with E-state index in [1.165, 1.54) is 31.2 Å². The molecule has 0 aromatic heterocycles. The summed E-state index contributed by atoms with van der Waals surface area (Å²) >= 11 is 0. The van der Waals surface area contributed by atoms with Gasteiger partial charge in [0.2, 0.25) is 0 Å². The third-order valence-corrected chi connectivity index (χ3v) is 3.41. The normalized spacial score (nSPS) is 19.2. The van der Waals surface area contributed by atoms with Gasteiger partial charge in [-0.15, -0.1) is 0 Å². The first-order chi connectivity index (χ1) is 11.6. The molecule has 132 valence electrons. The van der Waals surface area contributed by atoms with Gasteiger partial charge in [-0.2, -0.15) is 0 Å². The fourth-order valence-electron chi connectivity index (χ4n) is 2.26. The first-order valence-electron chi connectivity index (χ1n) is 8.09. The molecule has 2 rings (SSSR count). The molecule has 0 N–H and O–H groups in total. The molecule has 1 aromatic rings. The van der Waals surface area contributed by atoms with Crippen LogP contribution in [-0.4, -0.2) is 38.2 Å². The molecule has 0 radical (unpaired) electrons. The second-order valence-electron chi connectivity index (χ2n) is 5.47.